The van der Waals surface area contributed by atoms with Crippen LogP contribution in [0, 0.1) is 5.92 Å². The molecule has 0 radical (unpaired) electrons. The number of rotatable bonds is 15. The molecule has 0 aliphatic heterocycles. The molecule has 0 aliphatic carbocycles. The van der Waals surface area contributed by atoms with E-state index in [2.05, 4.69) is 17.2 Å². The van der Waals surface area contributed by atoms with E-state index in [9.17, 15) is 18.0 Å². The van der Waals surface area contributed by atoms with Gasteiger partial charge in [0.1, 0.15) is 6.61 Å². The van der Waals surface area contributed by atoms with Crippen LogP contribution in [0.2, 0.25) is 0 Å². The fourth-order valence-electron chi connectivity index (χ4n) is 3.12. The Labute approximate surface area is 204 Å². The first-order valence-corrected chi connectivity index (χ1v) is 14.5. The Kier molecular flexibility index (Phi) is 11.1. The number of nitrogens with two attached hydrogens (primary N) is 1. The predicted octanol–water partition coefficient (Wildman–Crippen LogP) is 3.39. The highest BCUT2D eigenvalue weighted by atomic mass is 32.2. The fourth-order valence-corrected chi connectivity index (χ4v) is 6.48. The standard InChI is InChI=1S/C22H33N3O5S3/c1-4-5-6-7-11-31-22-25-17-9-8-16(13-18(17)32-22)33(28,29)12-10-30-19(26)14-24-20(15(2)3)21(23)27/h8-9,13,15,20,24H,4-7,10-12,14H2,1-3H3,(H2,23,27). The molecule has 1 amide bonds. The third kappa shape index (κ3) is 8.88. The zero-order valence-corrected chi connectivity index (χ0v) is 21.8. The van der Waals surface area contributed by atoms with Gasteiger partial charge in [0.05, 0.1) is 33.5 Å². The number of aromatic nitrogens is 1. The first-order chi connectivity index (χ1) is 15.6. The van der Waals surface area contributed by atoms with Crippen LogP contribution >= 0.6 is 23.1 Å². The Morgan fingerprint density at radius 2 is 2.00 bits per heavy atom. The van der Waals surface area contributed by atoms with Crippen LogP contribution in [0.5, 0.6) is 0 Å². The van der Waals surface area contributed by atoms with Crippen LogP contribution < -0.4 is 11.1 Å². The molecular formula is C22H33N3O5S3. The molecule has 1 aromatic heterocycles. The first kappa shape index (κ1) is 27.6. The van der Waals surface area contributed by atoms with Gasteiger partial charge >= 0.3 is 5.97 Å². The number of carbonyl (C=O) groups is 2. The molecule has 8 nitrogen and oxygen atoms in total. The third-order valence-electron chi connectivity index (χ3n) is 4.98. The molecule has 0 spiro atoms. The molecule has 0 bridgehead atoms. The largest absolute Gasteiger partial charge is 0.464 e. The normalized spacial score (nSPS) is 12.8. The van der Waals surface area contributed by atoms with Crippen LogP contribution in [0.15, 0.2) is 27.4 Å². The van der Waals surface area contributed by atoms with Crippen molar-refractivity contribution in [3.63, 3.8) is 0 Å². The summed E-state index contributed by atoms with van der Waals surface area (Å²) in [7, 11) is -3.62. The van der Waals surface area contributed by atoms with Crippen molar-refractivity contribution in [1.82, 2.24) is 10.3 Å². The molecule has 0 saturated heterocycles. The quantitative estimate of drug-likeness (QED) is 0.210. The minimum atomic E-state index is -3.62. The maximum absolute atomic E-state index is 12.7. The second-order valence-electron chi connectivity index (χ2n) is 8.06. The number of amides is 1. The van der Waals surface area contributed by atoms with E-state index in [1.165, 1.54) is 36.7 Å². The molecule has 2 rings (SSSR count). The van der Waals surface area contributed by atoms with Gasteiger partial charge in [0.25, 0.3) is 0 Å². The van der Waals surface area contributed by atoms with E-state index in [4.69, 9.17) is 10.5 Å². The summed E-state index contributed by atoms with van der Waals surface area (Å²) in [6.07, 6.45) is 4.79. The Bertz CT molecular complexity index is 1040. The van der Waals surface area contributed by atoms with Gasteiger partial charge in [-0.3, -0.25) is 14.9 Å². The van der Waals surface area contributed by atoms with E-state index in [1.54, 1.807) is 37.7 Å². The van der Waals surface area contributed by atoms with Crippen molar-refractivity contribution in [3.8, 4) is 0 Å². The van der Waals surface area contributed by atoms with Gasteiger partial charge in [-0.25, -0.2) is 13.4 Å². The number of thiazole rings is 1. The minimum absolute atomic E-state index is 0.0858. The zero-order valence-electron chi connectivity index (χ0n) is 19.3. The number of nitrogens with zero attached hydrogens (tertiary/aromatic N) is 1. The monoisotopic (exact) mass is 515 g/mol. The molecule has 33 heavy (non-hydrogen) atoms. The molecule has 0 fully saturated rings. The van der Waals surface area contributed by atoms with Gasteiger partial charge in [-0.2, -0.15) is 0 Å². The maximum atomic E-state index is 12.7. The average Bonchev–Trinajstić information content (AvgIpc) is 3.15. The molecule has 11 heteroatoms. The van der Waals surface area contributed by atoms with Crippen molar-refractivity contribution < 1.29 is 22.7 Å². The number of nitrogens with one attached hydrogen (secondary N) is 1. The molecule has 1 unspecified atom stereocenters. The summed E-state index contributed by atoms with van der Waals surface area (Å²) in [6, 6.07) is 4.22. The number of hydrogen-bond donors (Lipinski definition) is 2. The second kappa shape index (κ2) is 13.3. The van der Waals surface area contributed by atoms with E-state index < -0.39 is 27.8 Å². The number of fused-ring (bicyclic) bond motifs is 1. The minimum Gasteiger partial charge on any atom is -0.464 e. The molecular weight excluding hydrogens is 482 g/mol. The summed E-state index contributed by atoms with van der Waals surface area (Å²) in [4.78, 5) is 28.0. The number of ether oxygens (including phenoxy) is 1. The molecule has 2 aromatic rings. The van der Waals surface area contributed by atoms with Crippen LogP contribution in [-0.2, 0) is 24.2 Å². The van der Waals surface area contributed by atoms with Gasteiger partial charge in [-0.15, -0.1) is 11.3 Å². The number of benzene rings is 1. The summed E-state index contributed by atoms with van der Waals surface area (Å²) >= 11 is 3.19. The topological polar surface area (TPSA) is 128 Å². The van der Waals surface area contributed by atoms with E-state index in [1.807, 2.05) is 0 Å². The lowest BCUT2D eigenvalue weighted by molar-refractivity contribution is -0.142. The third-order valence-corrected chi connectivity index (χ3v) is 8.90. The van der Waals surface area contributed by atoms with Gasteiger partial charge in [0, 0.05) is 5.75 Å². The van der Waals surface area contributed by atoms with Crippen LogP contribution in [0.4, 0.5) is 0 Å². The Balaban J connectivity index is 1.87. The molecule has 3 N–H and O–H groups in total. The van der Waals surface area contributed by atoms with Crippen molar-refractivity contribution in [2.45, 2.75) is 61.7 Å². The van der Waals surface area contributed by atoms with Crippen molar-refractivity contribution >= 4 is 55.0 Å². The van der Waals surface area contributed by atoms with Gasteiger partial charge in [0.2, 0.25) is 5.91 Å². The van der Waals surface area contributed by atoms with Gasteiger partial charge in [-0.1, -0.05) is 51.8 Å². The van der Waals surface area contributed by atoms with Gasteiger partial charge < -0.3 is 10.5 Å². The number of carbonyl (C=O) groups excluding carboxylic acids is 2. The highest BCUT2D eigenvalue weighted by Crippen LogP contribution is 2.31. The Hall–Kier alpha value is -1.69. The van der Waals surface area contributed by atoms with Crippen molar-refractivity contribution in [3.05, 3.63) is 18.2 Å². The molecule has 0 aliphatic rings. The summed E-state index contributed by atoms with van der Waals surface area (Å²) in [6.45, 7) is 5.29. The number of esters is 1. The van der Waals surface area contributed by atoms with Crippen LogP contribution in [-0.4, -0.2) is 56.0 Å². The van der Waals surface area contributed by atoms with Gasteiger partial charge in [0.15, 0.2) is 14.2 Å². The molecule has 0 saturated carbocycles. The van der Waals surface area contributed by atoms with Crippen LogP contribution in [0.3, 0.4) is 0 Å². The number of sulfone groups is 1. The predicted molar refractivity (Wildman–Crippen MR) is 133 cm³/mol. The molecule has 1 atom stereocenters. The highest BCUT2D eigenvalue weighted by Gasteiger charge is 2.21. The number of unbranched alkanes of at least 4 members (excludes halogenated alkanes) is 3. The van der Waals surface area contributed by atoms with Crippen LogP contribution in [0.25, 0.3) is 10.2 Å². The number of hydrogen-bond acceptors (Lipinski definition) is 9. The first-order valence-electron chi connectivity index (χ1n) is 11.1. The fraction of sp³-hybridized carbons (Fsp3) is 0.591. The SMILES string of the molecule is CCCCCCSc1nc2ccc(S(=O)(=O)CCOC(=O)CNC(C(N)=O)C(C)C)cc2s1. The smallest absolute Gasteiger partial charge is 0.319 e. The lowest BCUT2D eigenvalue weighted by atomic mass is 10.0. The van der Waals surface area contributed by atoms with Crippen molar-refractivity contribution in [2.24, 2.45) is 11.7 Å². The summed E-state index contributed by atoms with van der Waals surface area (Å²) < 4.78 is 32.2. The van der Waals surface area contributed by atoms with E-state index in [0.29, 0.717) is 0 Å². The summed E-state index contributed by atoms with van der Waals surface area (Å²) in [5, 5.41) is 2.74. The molecule has 184 valence electrons. The molecule has 1 aromatic carbocycles. The Morgan fingerprint density at radius 1 is 1.24 bits per heavy atom. The van der Waals surface area contributed by atoms with E-state index in [0.717, 1.165) is 26.7 Å². The number of primary amides is 1. The summed E-state index contributed by atoms with van der Waals surface area (Å²) in [5.41, 5.74) is 6.07. The van der Waals surface area contributed by atoms with Crippen molar-refractivity contribution in [2.75, 3.05) is 24.7 Å². The Morgan fingerprint density at radius 3 is 2.67 bits per heavy atom. The van der Waals surface area contributed by atoms with Crippen LogP contribution in [0.1, 0.15) is 46.5 Å². The van der Waals surface area contributed by atoms with Crippen molar-refractivity contribution in [1.29, 1.82) is 0 Å². The second-order valence-corrected chi connectivity index (χ2v) is 12.5. The van der Waals surface area contributed by atoms with E-state index >= 15 is 0 Å². The molecule has 1 heterocycles. The van der Waals surface area contributed by atoms with Gasteiger partial charge in [-0.05, 0) is 30.5 Å². The highest BCUT2D eigenvalue weighted by molar-refractivity contribution is 8.01. The van der Waals surface area contributed by atoms with E-state index in [-0.39, 0.29) is 29.7 Å². The average molecular weight is 516 g/mol. The zero-order chi connectivity index (χ0) is 24.4. The lowest BCUT2D eigenvalue weighted by Gasteiger charge is -2.18. The number of thioether (sulfide) groups is 1. The maximum Gasteiger partial charge on any atom is 0.319 e. The summed E-state index contributed by atoms with van der Waals surface area (Å²) in [5.74, 6) is -0.613. The lowest BCUT2D eigenvalue weighted by Crippen LogP contribution is -2.47.